The van der Waals surface area contributed by atoms with Crippen LogP contribution in [-0.4, -0.2) is 29.0 Å². The van der Waals surface area contributed by atoms with Crippen LogP contribution in [0.4, 0.5) is 0 Å². The molecule has 0 bridgehead atoms. The van der Waals surface area contributed by atoms with Gasteiger partial charge in [-0.2, -0.15) is 0 Å². The molecule has 1 atom stereocenters. The Hall–Kier alpha value is -1.40. The number of thiophene rings is 1. The Morgan fingerprint density at radius 2 is 1.88 bits per heavy atom. The molecule has 24 heavy (non-hydrogen) atoms. The molecule has 0 spiro atoms. The lowest BCUT2D eigenvalue weighted by atomic mass is 9.84. The summed E-state index contributed by atoms with van der Waals surface area (Å²) in [6.07, 6.45) is 3.74. The largest absolute Gasteiger partial charge is 0.388 e. The van der Waals surface area contributed by atoms with E-state index in [9.17, 15) is 14.7 Å². The maximum Gasteiger partial charge on any atom is 0.309 e. The molecule has 2 amide bonds. The summed E-state index contributed by atoms with van der Waals surface area (Å²) in [5.74, 6) is -1.17. The third-order valence-corrected chi connectivity index (χ3v) is 5.91. The monoisotopic (exact) mass is 352 g/mol. The highest BCUT2D eigenvalue weighted by molar-refractivity contribution is 7.12. The molecule has 1 aromatic rings. The Labute approximate surface area is 147 Å². The van der Waals surface area contributed by atoms with Gasteiger partial charge in [0.05, 0.1) is 6.10 Å². The maximum atomic E-state index is 12.1. The van der Waals surface area contributed by atoms with Gasteiger partial charge in [0.25, 0.3) is 0 Å². The third-order valence-electron chi connectivity index (χ3n) is 4.40. The maximum absolute atomic E-state index is 12.1. The zero-order valence-electron chi connectivity index (χ0n) is 14.9. The smallest absolute Gasteiger partial charge is 0.309 e. The predicted octanol–water partition coefficient (Wildman–Crippen LogP) is 2.64. The van der Waals surface area contributed by atoms with Crippen molar-refractivity contribution in [2.24, 2.45) is 0 Å². The van der Waals surface area contributed by atoms with Gasteiger partial charge in [-0.1, -0.05) is 12.8 Å². The summed E-state index contributed by atoms with van der Waals surface area (Å²) >= 11 is 1.61. The van der Waals surface area contributed by atoms with Crippen LogP contribution in [0.5, 0.6) is 0 Å². The molecule has 0 aromatic carbocycles. The van der Waals surface area contributed by atoms with E-state index in [1.165, 1.54) is 4.88 Å². The minimum absolute atomic E-state index is 0.116. The van der Waals surface area contributed by atoms with Crippen LogP contribution in [0, 0.1) is 0 Å². The molecule has 0 saturated heterocycles. The SMILES string of the molecule is CC(O)c1ccc(C2(CNC(=O)C(=O)NC(C)(C)C)CCCC2)s1. The van der Waals surface area contributed by atoms with Gasteiger partial charge in [0, 0.05) is 27.3 Å². The molecule has 0 aliphatic heterocycles. The molecule has 0 radical (unpaired) electrons. The number of carbonyl (C=O) groups excluding carboxylic acids is 2. The van der Waals surface area contributed by atoms with Crippen LogP contribution in [0.3, 0.4) is 0 Å². The van der Waals surface area contributed by atoms with Gasteiger partial charge in [-0.15, -0.1) is 11.3 Å². The molecule has 134 valence electrons. The highest BCUT2D eigenvalue weighted by atomic mass is 32.1. The van der Waals surface area contributed by atoms with Crippen molar-refractivity contribution in [3.05, 3.63) is 21.9 Å². The van der Waals surface area contributed by atoms with E-state index < -0.39 is 23.5 Å². The highest BCUT2D eigenvalue weighted by Crippen LogP contribution is 2.44. The third kappa shape index (κ3) is 4.57. The van der Waals surface area contributed by atoms with E-state index in [1.807, 2.05) is 26.8 Å². The summed E-state index contributed by atoms with van der Waals surface area (Å²) in [6.45, 7) is 7.76. The van der Waals surface area contributed by atoms with Gasteiger partial charge in [0.15, 0.2) is 0 Å². The van der Waals surface area contributed by atoms with Crippen molar-refractivity contribution < 1.29 is 14.7 Å². The van der Waals surface area contributed by atoms with Gasteiger partial charge in [0.1, 0.15) is 0 Å². The molecule has 3 N–H and O–H groups in total. The zero-order chi connectivity index (χ0) is 18.0. The lowest BCUT2D eigenvalue weighted by molar-refractivity contribution is -0.140. The number of nitrogens with one attached hydrogen (secondary N) is 2. The Morgan fingerprint density at radius 1 is 1.25 bits per heavy atom. The van der Waals surface area contributed by atoms with Crippen molar-refractivity contribution in [1.29, 1.82) is 0 Å². The van der Waals surface area contributed by atoms with E-state index in [-0.39, 0.29) is 5.41 Å². The van der Waals surface area contributed by atoms with Crippen molar-refractivity contribution in [1.82, 2.24) is 10.6 Å². The number of hydrogen-bond acceptors (Lipinski definition) is 4. The van der Waals surface area contributed by atoms with E-state index in [4.69, 9.17) is 0 Å². The van der Waals surface area contributed by atoms with E-state index in [1.54, 1.807) is 18.3 Å². The fourth-order valence-corrected chi connectivity index (χ4v) is 4.34. The van der Waals surface area contributed by atoms with E-state index >= 15 is 0 Å². The second-order valence-corrected chi connectivity index (χ2v) is 8.87. The first-order valence-corrected chi connectivity index (χ1v) is 9.33. The van der Waals surface area contributed by atoms with Crippen LogP contribution in [0.1, 0.15) is 69.2 Å². The summed E-state index contributed by atoms with van der Waals surface area (Å²) in [7, 11) is 0. The first-order chi connectivity index (χ1) is 11.1. The summed E-state index contributed by atoms with van der Waals surface area (Å²) in [5, 5.41) is 15.3. The molecule has 5 nitrogen and oxygen atoms in total. The Kier molecular flexibility index (Phi) is 5.71. The van der Waals surface area contributed by atoms with Crippen LogP contribution >= 0.6 is 11.3 Å². The average Bonchev–Trinajstić information content (AvgIpc) is 3.12. The number of amides is 2. The van der Waals surface area contributed by atoms with Gasteiger partial charge >= 0.3 is 11.8 Å². The summed E-state index contributed by atoms with van der Waals surface area (Å²) < 4.78 is 0. The van der Waals surface area contributed by atoms with Crippen molar-refractivity contribution >= 4 is 23.2 Å². The Bertz CT molecular complexity index is 596. The van der Waals surface area contributed by atoms with Gasteiger partial charge < -0.3 is 15.7 Å². The number of aliphatic hydroxyl groups is 1. The molecule has 1 heterocycles. The molecule has 2 rings (SSSR count). The molecular weight excluding hydrogens is 324 g/mol. The number of carbonyl (C=O) groups is 2. The topological polar surface area (TPSA) is 78.4 Å². The fourth-order valence-electron chi connectivity index (χ4n) is 3.15. The molecule has 1 saturated carbocycles. The van der Waals surface area contributed by atoms with Gasteiger partial charge in [-0.3, -0.25) is 9.59 Å². The molecular formula is C18H28N2O3S. The highest BCUT2D eigenvalue weighted by Gasteiger charge is 2.38. The summed E-state index contributed by atoms with van der Waals surface area (Å²) in [5.41, 5.74) is -0.547. The van der Waals surface area contributed by atoms with Gasteiger partial charge in [0.2, 0.25) is 0 Å². The van der Waals surface area contributed by atoms with Crippen LogP contribution in [-0.2, 0) is 15.0 Å². The number of aliphatic hydroxyl groups excluding tert-OH is 1. The standard InChI is InChI=1S/C18H28N2O3S/c1-12(21)13-7-8-14(24-13)18(9-5-6-10-18)11-19-15(22)16(23)20-17(2,3)4/h7-8,12,21H,5-6,9-11H2,1-4H3,(H,19,22)(H,20,23). The second-order valence-electron chi connectivity index (χ2n) is 7.75. The number of hydrogen-bond donors (Lipinski definition) is 3. The normalized spacial score (nSPS) is 18.2. The van der Waals surface area contributed by atoms with Gasteiger partial charge in [-0.25, -0.2) is 0 Å². The first-order valence-electron chi connectivity index (χ1n) is 8.52. The molecule has 1 unspecified atom stereocenters. The second kappa shape index (κ2) is 7.23. The first kappa shape index (κ1) is 18.9. The summed E-state index contributed by atoms with van der Waals surface area (Å²) in [4.78, 5) is 26.2. The molecule has 6 heteroatoms. The van der Waals surface area contributed by atoms with E-state index in [0.717, 1.165) is 30.6 Å². The Balaban J connectivity index is 2.06. The van der Waals surface area contributed by atoms with E-state index in [0.29, 0.717) is 6.54 Å². The minimum Gasteiger partial charge on any atom is -0.388 e. The van der Waals surface area contributed by atoms with Crippen molar-refractivity contribution in [3.63, 3.8) is 0 Å². The molecule has 1 aliphatic carbocycles. The average molecular weight is 353 g/mol. The van der Waals surface area contributed by atoms with Crippen molar-refractivity contribution in [3.8, 4) is 0 Å². The fraction of sp³-hybridized carbons (Fsp3) is 0.667. The Morgan fingerprint density at radius 3 is 2.38 bits per heavy atom. The van der Waals surface area contributed by atoms with Crippen molar-refractivity contribution in [2.45, 2.75) is 70.4 Å². The molecule has 1 fully saturated rings. The lowest BCUT2D eigenvalue weighted by Crippen LogP contribution is -2.50. The molecule has 1 aromatic heterocycles. The predicted molar refractivity (Wildman–Crippen MR) is 96.0 cm³/mol. The lowest BCUT2D eigenvalue weighted by Gasteiger charge is -2.28. The van der Waals surface area contributed by atoms with Crippen LogP contribution in [0.25, 0.3) is 0 Å². The summed E-state index contributed by atoms with van der Waals surface area (Å²) in [6, 6.07) is 4.01. The number of rotatable bonds is 4. The van der Waals surface area contributed by atoms with Gasteiger partial charge in [-0.05, 0) is 52.7 Å². The van der Waals surface area contributed by atoms with Crippen LogP contribution in [0.2, 0.25) is 0 Å². The minimum atomic E-state index is -0.591. The van der Waals surface area contributed by atoms with Crippen molar-refractivity contribution in [2.75, 3.05) is 6.54 Å². The van der Waals surface area contributed by atoms with Crippen LogP contribution in [0.15, 0.2) is 12.1 Å². The van der Waals surface area contributed by atoms with E-state index in [2.05, 4.69) is 16.7 Å². The zero-order valence-corrected chi connectivity index (χ0v) is 15.8. The molecule has 1 aliphatic rings. The quantitative estimate of drug-likeness (QED) is 0.729. The van der Waals surface area contributed by atoms with Crippen LogP contribution < -0.4 is 10.6 Å².